The number of nitrogens with one attached hydrogen (secondary N) is 2. The van der Waals surface area contributed by atoms with Gasteiger partial charge in [-0.25, -0.2) is 4.79 Å². The molecule has 0 saturated carbocycles. The first-order chi connectivity index (χ1) is 17.8. The molecular weight excluding hydrogens is 484 g/mol. The number of aromatic amines is 1. The van der Waals surface area contributed by atoms with Gasteiger partial charge in [0, 0.05) is 34.5 Å². The number of benzene rings is 1. The third-order valence-corrected chi connectivity index (χ3v) is 7.59. The number of hydrogen-bond donors (Lipinski definition) is 7. The Bertz CT molecular complexity index is 1180. The first-order valence-electron chi connectivity index (χ1n) is 12.3. The Labute approximate surface area is 213 Å². The molecule has 0 spiro atoms. The van der Waals surface area contributed by atoms with Gasteiger partial charge >= 0.3 is 5.97 Å². The van der Waals surface area contributed by atoms with Gasteiger partial charge in [-0.15, -0.1) is 6.58 Å². The van der Waals surface area contributed by atoms with Crippen LogP contribution < -0.4 is 5.32 Å². The second kappa shape index (κ2) is 10.5. The first kappa shape index (κ1) is 25.9. The van der Waals surface area contributed by atoms with Gasteiger partial charge in [0.1, 0.15) is 24.4 Å². The van der Waals surface area contributed by atoms with Crippen LogP contribution in [0.1, 0.15) is 23.7 Å². The summed E-state index contributed by atoms with van der Waals surface area (Å²) in [7, 11) is 0. The van der Waals surface area contributed by atoms with Crippen LogP contribution in [0.15, 0.2) is 48.8 Å². The highest BCUT2D eigenvalue weighted by molar-refractivity contribution is 5.87. The molecule has 1 aromatic carbocycles. The van der Waals surface area contributed by atoms with Crippen LogP contribution in [0.3, 0.4) is 0 Å². The van der Waals surface area contributed by atoms with Crippen molar-refractivity contribution in [1.29, 1.82) is 0 Å². The molecule has 0 bridgehead atoms. The predicted molar refractivity (Wildman–Crippen MR) is 130 cm³/mol. The Morgan fingerprint density at radius 2 is 1.95 bits per heavy atom. The lowest BCUT2D eigenvalue weighted by Crippen LogP contribution is -2.60. The zero-order chi connectivity index (χ0) is 26.3. The monoisotopic (exact) mass is 516 g/mol. The minimum Gasteiger partial charge on any atom is -0.478 e. The van der Waals surface area contributed by atoms with E-state index in [1.165, 1.54) is 5.56 Å². The highest BCUT2D eigenvalue weighted by Crippen LogP contribution is 2.41. The predicted octanol–water partition coefficient (Wildman–Crippen LogP) is 0.305. The summed E-state index contributed by atoms with van der Waals surface area (Å²) in [4.78, 5) is 15.6. The summed E-state index contributed by atoms with van der Waals surface area (Å²) >= 11 is 0. The summed E-state index contributed by atoms with van der Waals surface area (Å²) in [6.45, 7) is 4.01. The first-order valence-corrected chi connectivity index (χ1v) is 12.3. The van der Waals surface area contributed by atoms with Crippen molar-refractivity contribution in [3.63, 3.8) is 0 Å². The number of aromatic nitrogens is 1. The molecule has 3 aliphatic heterocycles. The number of fused-ring (bicyclic) bond motifs is 3. The number of aliphatic hydroxyl groups excluding tert-OH is 4. The van der Waals surface area contributed by atoms with Gasteiger partial charge in [-0.1, -0.05) is 24.3 Å². The number of carboxylic acid groups (broad SMARTS) is 1. The van der Waals surface area contributed by atoms with Crippen molar-refractivity contribution in [2.45, 2.75) is 55.9 Å². The standard InChI is InChI=1S/C26H32N2O9/c1-2-12-15(9-18-20-14(7-8-27-18)13-5-3-4-6-17(13)28-20)16(24(33)34)11-35-25(12)37-26-23(32)22(31)21(30)19(10-29)36-26/h2-6,11-12,15,18-19,21-23,25-32H,1,7-10H2,(H,33,34)/t12-,15+,18+,19-,21-,22+,23-,25+,26?/m1/s1. The third-order valence-electron chi connectivity index (χ3n) is 7.59. The lowest BCUT2D eigenvalue weighted by molar-refractivity contribution is -0.339. The highest BCUT2D eigenvalue weighted by Gasteiger charge is 2.48. The van der Waals surface area contributed by atoms with Crippen molar-refractivity contribution in [2.24, 2.45) is 11.8 Å². The molecule has 1 saturated heterocycles. The van der Waals surface area contributed by atoms with Crippen molar-refractivity contribution in [1.82, 2.24) is 10.3 Å². The van der Waals surface area contributed by atoms with E-state index in [4.69, 9.17) is 14.2 Å². The molecule has 1 fully saturated rings. The van der Waals surface area contributed by atoms with Crippen LogP contribution in [-0.4, -0.2) is 86.6 Å². The Balaban J connectivity index is 1.41. The van der Waals surface area contributed by atoms with E-state index in [9.17, 15) is 30.3 Å². The number of hydrogen-bond acceptors (Lipinski definition) is 9. The topological polar surface area (TPSA) is 174 Å². The zero-order valence-corrected chi connectivity index (χ0v) is 20.1. The molecule has 1 aromatic heterocycles. The van der Waals surface area contributed by atoms with Crippen molar-refractivity contribution >= 4 is 16.9 Å². The van der Waals surface area contributed by atoms with E-state index in [0.717, 1.165) is 35.8 Å². The lowest BCUT2D eigenvalue weighted by atomic mass is 9.78. The van der Waals surface area contributed by atoms with Crippen LogP contribution in [0, 0.1) is 11.8 Å². The minimum atomic E-state index is -1.62. The summed E-state index contributed by atoms with van der Waals surface area (Å²) in [5.41, 5.74) is 3.30. The number of carbonyl (C=O) groups is 1. The van der Waals surface area contributed by atoms with Gasteiger partial charge in [0.2, 0.25) is 6.29 Å². The smallest absolute Gasteiger partial charge is 0.334 e. The zero-order valence-electron chi connectivity index (χ0n) is 20.1. The molecular formula is C26H32N2O9. The number of para-hydroxylation sites is 1. The van der Waals surface area contributed by atoms with Crippen molar-refractivity contribution in [3.05, 3.63) is 60.0 Å². The summed E-state index contributed by atoms with van der Waals surface area (Å²) in [6.07, 6.45) is -4.53. The molecule has 9 atom stereocenters. The van der Waals surface area contributed by atoms with Gasteiger partial charge in [0.25, 0.3) is 0 Å². The van der Waals surface area contributed by atoms with Gasteiger partial charge < -0.3 is 50.0 Å². The highest BCUT2D eigenvalue weighted by atomic mass is 16.8. The average molecular weight is 517 g/mol. The van der Waals surface area contributed by atoms with Crippen LogP contribution in [0.25, 0.3) is 10.9 Å². The largest absolute Gasteiger partial charge is 0.478 e. The van der Waals surface area contributed by atoms with E-state index in [-0.39, 0.29) is 11.6 Å². The number of rotatable bonds is 7. The van der Waals surface area contributed by atoms with Crippen LogP contribution in [0.4, 0.5) is 0 Å². The van der Waals surface area contributed by atoms with E-state index in [0.29, 0.717) is 6.42 Å². The van der Waals surface area contributed by atoms with E-state index in [1.807, 2.05) is 18.2 Å². The minimum absolute atomic E-state index is 0.0589. The molecule has 5 rings (SSSR count). The van der Waals surface area contributed by atoms with Crippen LogP contribution in [-0.2, 0) is 25.4 Å². The SMILES string of the molecule is C=C[C@H]1[C@H](OC2O[C@H](CO)[C@@H](O)[C@H](O)[C@H]2O)OC=C(C(=O)O)[C@H]1C[C@@H]1NCCc2c1[nH]c1ccccc21. The molecule has 2 aromatic rings. The fourth-order valence-corrected chi connectivity index (χ4v) is 5.64. The maximum Gasteiger partial charge on any atom is 0.334 e. The normalized spacial score (nSPS) is 35.9. The Hall–Kier alpha value is -2.77. The summed E-state index contributed by atoms with van der Waals surface area (Å²) in [5, 5.41) is 54.6. The van der Waals surface area contributed by atoms with Gasteiger partial charge in [-0.3, -0.25) is 0 Å². The van der Waals surface area contributed by atoms with Crippen LogP contribution in [0.2, 0.25) is 0 Å². The molecule has 7 N–H and O–H groups in total. The average Bonchev–Trinajstić information content (AvgIpc) is 3.28. The van der Waals surface area contributed by atoms with Gasteiger partial charge in [0.15, 0.2) is 6.29 Å². The summed E-state index contributed by atoms with van der Waals surface area (Å²) in [5.74, 6) is -2.36. The van der Waals surface area contributed by atoms with Crippen LogP contribution >= 0.6 is 0 Å². The van der Waals surface area contributed by atoms with Gasteiger partial charge in [-0.05, 0) is 31.0 Å². The maximum atomic E-state index is 12.2. The molecule has 11 nitrogen and oxygen atoms in total. The second-order valence-electron chi connectivity index (χ2n) is 9.69. The molecule has 3 aliphatic rings. The Morgan fingerprint density at radius 1 is 1.16 bits per heavy atom. The molecule has 1 unspecified atom stereocenters. The van der Waals surface area contributed by atoms with Gasteiger partial charge in [-0.2, -0.15) is 0 Å². The number of carboxylic acids is 1. The molecule has 11 heteroatoms. The van der Waals surface area contributed by atoms with Crippen molar-refractivity contribution < 1.29 is 44.5 Å². The molecule has 0 aliphatic carbocycles. The number of H-pyrrole nitrogens is 1. The van der Waals surface area contributed by atoms with Gasteiger partial charge in [0.05, 0.1) is 18.4 Å². The van der Waals surface area contributed by atoms with E-state index < -0.39 is 61.4 Å². The molecule has 0 radical (unpaired) electrons. The van der Waals surface area contributed by atoms with E-state index in [1.54, 1.807) is 6.08 Å². The van der Waals surface area contributed by atoms with E-state index in [2.05, 4.69) is 22.9 Å². The lowest BCUT2D eigenvalue weighted by Gasteiger charge is -2.43. The fourth-order valence-electron chi connectivity index (χ4n) is 5.64. The van der Waals surface area contributed by atoms with Crippen LogP contribution in [0.5, 0.6) is 0 Å². The van der Waals surface area contributed by atoms with E-state index >= 15 is 0 Å². The second-order valence-corrected chi connectivity index (χ2v) is 9.69. The third kappa shape index (κ3) is 4.68. The van der Waals surface area contributed by atoms with Crippen molar-refractivity contribution in [2.75, 3.05) is 13.2 Å². The molecule has 4 heterocycles. The van der Waals surface area contributed by atoms with Crippen molar-refractivity contribution in [3.8, 4) is 0 Å². The maximum absolute atomic E-state index is 12.2. The fraction of sp³-hybridized carbons (Fsp3) is 0.500. The Kier molecular flexibility index (Phi) is 7.37. The summed E-state index contributed by atoms with van der Waals surface area (Å²) < 4.78 is 16.9. The summed E-state index contributed by atoms with van der Waals surface area (Å²) in [6, 6.07) is 7.87. The Morgan fingerprint density at radius 3 is 2.68 bits per heavy atom. The molecule has 0 amide bonds. The number of aliphatic carboxylic acids is 1. The number of ether oxygens (including phenoxy) is 3. The quantitative estimate of drug-likeness (QED) is 0.254. The molecule has 200 valence electrons. The molecule has 37 heavy (non-hydrogen) atoms. The number of aliphatic hydroxyl groups is 4.